The molecule has 0 spiro atoms. The lowest BCUT2D eigenvalue weighted by Crippen LogP contribution is -2.16. The van der Waals surface area contributed by atoms with Gasteiger partial charge in [-0.1, -0.05) is 61.5 Å². The molecular weight excluding hydrogens is 454 g/mol. The van der Waals surface area contributed by atoms with E-state index in [9.17, 15) is 4.79 Å². The topological polar surface area (TPSA) is 72.7 Å². The van der Waals surface area contributed by atoms with Crippen LogP contribution in [0.5, 0.6) is 0 Å². The molecule has 2 heterocycles. The number of aromatic nitrogens is 4. The summed E-state index contributed by atoms with van der Waals surface area (Å²) in [5.74, 6) is 1.07. The van der Waals surface area contributed by atoms with Gasteiger partial charge in [0.25, 0.3) is 0 Å². The van der Waals surface area contributed by atoms with Gasteiger partial charge in [-0.25, -0.2) is 0 Å². The molecule has 2 aromatic carbocycles. The zero-order valence-electron chi connectivity index (χ0n) is 18.6. The summed E-state index contributed by atoms with van der Waals surface area (Å²) in [6.45, 7) is 6.17. The molecular formula is C25H24ClN5OS. The second-order valence-corrected chi connectivity index (χ2v) is 9.19. The number of rotatable bonds is 7. The fourth-order valence-electron chi connectivity index (χ4n) is 3.54. The van der Waals surface area contributed by atoms with Crippen LogP contribution in [0.15, 0.2) is 72.1 Å². The lowest BCUT2D eigenvalue weighted by molar-refractivity contribution is -0.113. The Labute approximate surface area is 202 Å². The summed E-state index contributed by atoms with van der Waals surface area (Å²) in [6, 6.07) is 17.3. The van der Waals surface area contributed by atoms with Gasteiger partial charge in [-0.3, -0.25) is 14.3 Å². The van der Waals surface area contributed by atoms with Crippen molar-refractivity contribution in [2.75, 3.05) is 11.1 Å². The van der Waals surface area contributed by atoms with Crippen LogP contribution in [0.25, 0.3) is 17.1 Å². The number of nitrogens with one attached hydrogen (secondary N) is 1. The monoisotopic (exact) mass is 477 g/mol. The van der Waals surface area contributed by atoms with Gasteiger partial charge in [0.1, 0.15) is 0 Å². The Morgan fingerprint density at radius 1 is 1.06 bits per heavy atom. The van der Waals surface area contributed by atoms with E-state index in [-0.39, 0.29) is 11.7 Å². The van der Waals surface area contributed by atoms with Crippen LogP contribution in [0.4, 0.5) is 5.69 Å². The van der Waals surface area contributed by atoms with Crippen LogP contribution in [-0.2, 0) is 4.79 Å². The number of carbonyl (C=O) groups excluding carboxylic acids is 1. The molecule has 1 amide bonds. The van der Waals surface area contributed by atoms with E-state index in [1.54, 1.807) is 12.4 Å². The van der Waals surface area contributed by atoms with Gasteiger partial charge in [-0.05, 0) is 54.3 Å². The number of nitrogens with zero attached hydrogens (tertiary/aromatic N) is 4. The van der Waals surface area contributed by atoms with E-state index < -0.39 is 0 Å². The molecule has 168 valence electrons. The van der Waals surface area contributed by atoms with Crippen LogP contribution in [0, 0.1) is 6.92 Å². The van der Waals surface area contributed by atoms with Gasteiger partial charge in [-0.2, -0.15) is 0 Å². The molecule has 0 bridgehead atoms. The maximum absolute atomic E-state index is 12.8. The van der Waals surface area contributed by atoms with E-state index in [1.807, 2.05) is 66.1 Å². The molecule has 8 heteroatoms. The van der Waals surface area contributed by atoms with Crippen LogP contribution >= 0.6 is 23.4 Å². The molecule has 4 rings (SSSR count). The standard InChI is InChI=1S/C25H24ClN5OS/c1-16(2)19-7-4-5-9-21(19)28-23(32)15-33-25-30-29-24(18-11-13-27-14-12-18)31(25)22-10-6-8-20(26)17(22)3/h4-14,16H,15H2,1-3H3,(H,28,32). The van der Waals surface area contributed by atoms with Crippen LogP contribution in [0.1, 0.15) is 30.9 Å². The number of benzene rings is 2. The largest absolute Gasteiger partial charge is 0.325 e. The van der Waals surface area contributed by atoms with Crippen molar-refractivity contribution in [2.24, 2.45) is 0 Å². The Morgan fingerprint density at radius 3 is 2.58 bits per heavy atom. The third-order valence-electron chi connectivity index (χ3n) is 5.24. The molecule has 6 nitrogen and oxygen atoms in total. The first kappa shape index (κ1) is 23.0. The number of hydrogen-bond acceptors (Lipinski definition) is 5. The maximum Gasteiger partial charge on any atom is 0.234 e. The molecule has 4 aromatic rings. The van der Waals surface area contributed by atoms with Gasteiger partial charge in [0.2, 0.25) is 5.91 Å². The molecule has 2 aromatic heterocycles. The second kappa shape index (κ2) is 10.2. The highest BCUT2D eigenvalue weighted by Crippen LogP contribution is 2.32. The second-order valence-electron chi connectivity index (χ2n) is 7.84. The number of anilines is 1. The minimum Gasteiger partial charge on any atom is -0.325 e. The Bertz CT molecular complexity index is 1270. The third kappa shape index (κ3) is 5.10. The summed E-state index contributed by atoms with van der Waals surface area (Å²) >= 11 is 7.74. The van der Waals surface area contributed by atoms with Crippen molar-refractivity contribution < 1.29 is 4.79 Å². The Hall–Kier alpha value is -3.16. The molecule has 0 saturated heterocycles. The predicted octanol–water partition coefficient (Wildman–Crippen LogP) is 6.15. The molecule has 0 aliphatic rings. The zero-order chi connectivity index (χ0) is 23.4. The van der Waals surface area contributed by atoms with E-state index in [2.05, 4.69) is 34.3 Å². The maximum atomic E-state index is 12.8. The van der Waals surface area contributed by atoms with E-state index >= 15 is 0 Å². The quantitative estimate of drug-likeness (QED) is 0.323. The first-order valence-electron chi connectivity index (χ1n) is 10.6. The number of amides is 1. The molecule has 0 saturated carbocycles. The van der Waals surface area contributed by atoms with Gasteiger partial charge in [-0.15, -0.1) is 10.2 Å². The van der Waals surface area contributed by atoms with E-state index in [1.165, 1.54) is 11.8 Å². The van der Waals surface area contributed by atoms with Crippen molar-refractivity contribution in [3.8, 4) is 17.1 Å². The van der Waals surface area contributed by atoms with Crippen molar-refractivity contribution >= 4 is 35.0 Å². The van der Waals surface area contributed by atoms with Gasteiger partial charge < -0.3 is 5.32 Å². The van der Waals surface area contributed by atoms with Crippen molar-refractivity contribution in [1.29, 1.82) is 0 Å². The summed E-state index contributed by atoms with van der Waals surface area (Å²) < 4.78 is 1.94. The van der Waals surface area contributed by atoms with E-state index in [4.69, 9.17) is 11.6 Å². The van der Waals surface area contributed by atoms with Crippen molar-refractivity contribution in [1.82, 2.24) is 19.7 Å². The molecule has 0 aliphatic carbocycles. The number of para-hydroxylation sites is 1. The highest BCUT2D eigenvalue weighted by molar-refractivity contribution is 7.99. The van der Waals surface area contributed by atoms with E-state index in [0.29, 0.717) is 21.9 Å². The van der Waals surface area contributed by atoms with Gasteiger partial charge in [0.05, 0.1) is 11.4 Å². The summed E-state index contributed by atoms with van der Waals surface area (Å²) in [5.41, 5.74) is 4.59. The van der Waals surface area contributed by atoms with Crippen LogP contribution in [0.2, 0.25) is 5.02 Å². The van der Waals surface area contributed by atoms with Crippen LogP contribution in [0.3, 0.4) is 0 Å². The van der Waals surface area contributed by atoms with E-state index in [0.717, 1.165) is 28.1 Å². The van der Waals surface area contributed by atoms with Crippen LogP contribution in [-0.4, -0.2) is 31.4 Å². The number of carbonyl (C=O) groups is 1. The molecule has 0 fully saturated rings. The average molecular weight is 478 g/mol. The fraction of sp³-hybridized carbons (Fsp3) is 0.200. The molecule has 1 N–H and O–H groups in total. The Morgan fingerprint density at radius 2 is 1.82 bits per heavy atom. The number of thioether (sulfide) groups is 1. The van der Waals surface area contributed by atoms with Gasteiger partial charge in [0.15, 0.2) is 11.0 Å². The molecule has 0 radical (unpaired) electrons. The summed E-state index contributed by atoms with van der Waals surface area (Å²) in [5, 5.41) is 13.1. The third-order valence-corrected chi connectivity index (χ3v) is 6.58. The van der Waals surface area contributed by atoms with Crippen LogP contribution < -0.4 is 5.32 Å². The van der Waals surface area contributed by atoms with Crippen molar-refractivity contribution in [3.05, 3.63) is 83.1 Å². The lowest BCUT2D eigenvalue weighted by atomic mass is 10.0. The molecule has 0 unspecified atom stereocenters. The first-order chi connectivity index (χ1) is 16.0. The average Bonchev–Trinajstić information content (AvgIpc) is 3.24. The zero-order valence-corrected chi connectivity index (χ0v) is 20.2. The van der Waals surface area contributed by atoms with Gasteiger partial charge in [0, 0.05) is 28.7 Å². The summed E-state index contributed by atoms with van der Waals surface area (Å²) in [4.78, 5) is 16.9. The highest BCUT2D eigenvalue weighted by Gasteiger charge is 2.19. The minimum absolute atomic E-state index is 0.101. The molecule has 33 heavy (non-hydrogen) atoms. The lowest BCUT2D eigenvalue weighted by Gasteiger charge is -2.15. The Balaban J connectivity index is 1.63. The SMILES string of the molecule is Cc1c(Cl)cccc1-n1c(SCC(=O)Nc2ccccc2C(C)C)nnc1-c1ccncc1. The van der Waals surface area contributed by atoms with Crippen molar-refractivity contribution in [3.63, 3.8) is 0 Å². The number of halogens is 1. The number of hydrogen-bond donors (Lipinski definition) is 1. The minimum atomic E-state index is -0.101. The molecule has 0 aliphatic heterocycles. The van der Waals surface area contributed by atoms with Crippen molar-refractivity contribution in [2.45, 2.75) is 31.8 Å². The number of pyridine rings is 1. The highest BCUT2D eigenvalue weighted by atomic mass is 35.5. The summed E-state index contributed by atoms with van der Waals surface area (Å²) in [7, 11) is 0. The molecule has 0 atom stereocenters. The predicted molar refractivity (Wildman–Crippen MR) is 134 cm³/mol. The first-order valence-corrected chi connectivity index (χ1v) is 11.9. The Kier molecular flexibility index (Phi) is 7.11. The van der Waals surface area contributed by atoms with Gasteiger partial charge >= 0.3 is 0 Å². The normalized spacial score (nSPS) is 11.1. The summed E-state index contributed by atoms with van der Waals surface area (Å²) in [6.07, 6.45) is 3.43. The smallest absolute Gasteiger partial charge is 0.234 e. The fourth-order valence-corrected chi connectivity index (χ4v) is 4.45.